The fourth-order valence-corrected chi connectivity index (χ4v) is 2.89. The van der Waals surface area contributed by atoms with Crippen LogP contribution in [0.2, 0.25) is 0 Å². The van der Waals surface area contributed by atoms with Crippen LogP contribution < -0.4 is 15.5 Å². The predicted molar refractivity (Wildman–Crippen MR) is 123 cm³/mol. The average Bonchev–Trinajstić information content (AvgIpc) is 2.63. The molecule has 28 heavy (non-hydrogen) atoms. The minimum absolute atomic E-state index is 0. The molecule has 0 aliphatic carbocycles. The number of pyridine rings is 1. The summed E-state index contributed by atoms with van der Waals surface area (Å²) in [5, 5.41) is 6.20. The Bertz CT molecular complexity index is 628. The van der Waals surface area contributed by atoms with Gasteiger partial charge in [-0.05, 0) is 32.4 Å². The molecule has 1 aromatic heterocycles. The van der Waals surface area contributed by atoms with E-state index < -0.39 is 0 Å². The molecule has 2 rings (SSSR count). The van der Waals surface area contributed by atoms with Crippen molar-refractivity contribution in [1.29, 1.82) is 0 Å². The monoisotopic (exact) mass is 504 g/mol. The standard InChI is InChI=1S/C19H32N6O2.HI/c1-6-20-19(23-11-18(26)24(4)5)22-10-16-7-8-17(21-9-16)25-12-14(2)27-15(3)13-25;/h7-9,14-15H,6,10-13H2,1-5H3,(H2,20,22,23);1H. The normalized spacial score (nSPS) is 19.6. The van der Waals surface area contributed by atoms with E-state index in [0.29, 0.717) is 12.5 Å². The number of halogens is 1. The van der Waals surface area contributed by atoms with Crippen molar-refractivity contribution in [1.82, 2.24) is 20.5 Å². The number of nitrogens with one attached hydrogen (secondary N) is 2. The Kier molecular flexibility index (Phi) is 10.5. The largest absolute Gasteiger partial charge is 0.372 e. The predicted octanol–water partition coefficient (Wildman–Crippen LogP) is 1.46. The van der Waals surface area contributed by atoms with Crippen LogP contribution in [-0.2, 0) is 16.1 Å². The summed E-state index contributed by atoms with van der Waals surface area (Å²) in [6.45, 7) is 9.30. The molecule has 9 heteroatoms. The van der Waals surface area contributed by atoms with Crippen LogP contribution in [0.1, 0.15) is 26.3 Å². The Morgan fingerprint density at radius 3 is 2.50 bits per heavy atom. The van der Waals surface area contributed by atoms with E-state index in [1.807, 2.05) is 25.3 Å². The van der Waals surface area contributed by atoms with Crippen molar-refractivity contribution in [3.05, 3.63) is 23.9 Å². The van der Waals surface area contributed by atoms with Gasteiger partial charge in [0.1, 0.15) is 5.82 Å². The van der Waals surface area contributed by atoms with Gasteiger partial charge in [0.05, 0.1) is 25.3 Å². The molecule has 2 unspecified atom stereocenters. The number of nitrogens with zero attached hydrogens (tertiary/aromatic N) is 4. The van der Waals surface area contributed by atoms with Gasteiger partial charge >= 0.3 is 0 Å². The molecule has 1 saturated heterocycles. The van der Waals surface area contributed by atoms with E-state index in [1.165, 1.54) is 0 Å². The lowest BCUT2D eigenvalue weighted by molar-refractivity contribution is -0.127. The first kappa shape index (κ1) is 24.4. The summed E-state index contributed by atoms with van der Waals surface area (Å²) in [5.74, 6) is 1.58. The SMILES string of the molecule is CCNC(=NCc1ccc(N2CC(C)OC(C)C2)nc1)NCC(=O)N(C)C.I. The van der Waals surface area contributed by atoms with Gasteiger partial charge < -0.3 is 25.2 Å². The molecule has 0 bridgehead atoms. The topological polar surface area (TPSA) is 82.1 Å². The van der Waals surface area contributed by atoms with E-state index in [2.05, 4.69) is 39.4 Å². The number of likely N-dealkylation sites (N-methyl/N-ethyl adjacent to an activating group) is 1. The van der Waals surface area contributed by atoms with Gasteiger partial charge in [0.25, 0.3) is 0 Å². The Morgan fingerprint density at radius 1 is 1.29 bits per heavy atom. The summed E-state index contributed by atoms with van der Waals surface area (Å²) >= 11 is 0. The van der Waals surface area contributed by atoms with Crippen molar-refractivity contribution < 1.29 is 9.53 Å². The molecule has 0 radical (unpaired) electrons. The molecule has 0 spiro atoms. The molecule has 1 aliphatic rings. The first-order valence-electron chi connectivity index (χ1n) is 9.46. The smallest absolute Gasteiger partial charge is 0.241 e. The third kappa shape index (κ3) is 7.78. The van der Waals surface area contributed by atoms with Gasteiger partial charge in [-0.1, -0.05) is 6.07 Å². The molecule has 1 fully saturated rings. The fraction of sp³-hybridized carbons (Fsp3) is 0.632. The molecule has 1 amide bonds. The Balaban J connectivity index is 0.00000392. The molecule has 0 aromatic carbocycles. The van der Waals surface area contributed by atoms with E-state index in [4.69, 9.17) is 4.74 Å². The number of hydrogen-bond donors (Lipinski definition) is 2. The number of aromatic nitrogens is 1. The molecule has 8 nitrogen and oxygen atoms in total. The second kappa shape index (κ2) is 12.1. The number of carbonyl (C=O) groups is 1. The van der Waals surface area contributed by atoms with Crippen molar-refractivity contribution in [3.8, 4) is 0 Å². The minimum Gasteiger partial charge on any atom is -0.372 e. The molecule has 0 saturated carbocycles. The van der Waals surface area contributed by atoms with Gasteiger partial charge in [-0.25, -0.2) is 9.98 Å². The maximum Gasteiger partial charge on any atom is 0.241 e. The van der Waals surface area contributed by atoms with Crippen LogP contribution in [0.15, 0.2) is 23.3 Å². The first-order chi connectivity index (χ1) is 12.9. The molecule has 158 valence electrons. The van der Waals surface area contributed by atoms with Gasteiger partial charge in [-0.15, -0.1) is 24.0 Å². The molecular formula is C19H33IN6O2. The highest BCUT2D eigenvalue weighted by Crippen LogP contribution is 2.18. The molecule has 2 N–H and O–H groups in total. The van der Waals surface area contributed by atoms with Crippen LogP contribution in [0.3, 0.4) is 0 Å². The second-order valence-corrected chi connectivity index (χ2v) is 7.02. The summed E-state index contributed by atoms with van der Waals surface area (Å²) in [5.41, 5.74) is 1.02. The van der Waals surface area contributed by atoms with Gasteiger partial charge in [-0.3, -0.25) is 4.79 Å². The van der Waals surface area contributed by atoms with Crippen molar-refractivity contribution in [3.63, 3.8) is 0 Å². The molecular weight excluding hydrogens is 471 g/mol. The van der Waals surface area contributed by atoms with Crippen LogP contribution in [0.25, 0.3) is 0 Å². The number of anilines is 1. The number of aliphatic imine (C=N–C) groups is 1. The number of amides is 1. The molecule has 1 aromatic rings. The third-order valence-corrected chi connectivity index (χ3v) is 4.22. The Labute approximate surface area is 185 Å². The third-order valence-electron chi connectivity index (χ3n) is 4.22. The highest BCUT2D eigenvalue weighted by atomic mass is 127. The highest BCUT2D eigenvalue weighted by Gasteiger charge is 2.22. The van der Waals surface area contributed by atoms with E-state index >= 15 is 0 Å². The van der Waals surface area contributed by atoms with Crippen LogP contribution in [0.4, 0.5) is 5.82 Å². The van der Waals surface area contributed by atoms with Gasteiger partial charge in [-0.2, -0.15) is 0 Å². The van der Waals surface area contributed by atoms with Gasteiger partial charge in [0, 0.05) is 39.9 Å². The summed E-state index contributed by atoms with van der Waals surface area (Å²) < 4.78 is 5.78. The quantitative estimate of drug-likeness (QED) is 0.347. The summed E-state index contributed by atoms with van der Waals surface area (Å²) in [6, 6.07) is 4.08. The lowest BCUT2D eigenvalue weighted by Crippen LogP contribution is -2.45. The number of ether oxygens (including phenoxy) is 1. The summed E-state index contributed by atoms with van der Waals surface area (Å²) in [6.07, 6.45) is 2.27. The zero-order valence-electron chi connectivity index (χ0n) is 17.4. The molecule has 1 aliphatic heterocycles. The summed E-state index contributed by atoms with van der Waals surface area (Å²) in [4.78, 5) is 24.6. The van der Waals surface area contributed by atoms with Crippen LogP contribution in [0.5, 0.6) is 0 Å². The number of hydrogen-bond acceptors (Lipinski definition) is 5. The van der Waals surface area contributed by atoms with Crippen LogP contribution in [-0.4, -0.2) is 74.2 Å². The lowest BCUT2D eigenvalue weighted by atomic mass is 10.2. The van der Waals surface area contributed by atoms with Crippen molar-refractivity contribution in [2.75, 3.05) is 45.2 Å². The van der Waals surface area contributed by atoms with Gasteiger partial charge in [0.15, 0.2) is 5.96 Å². The zero-order valence-corrected chi connectivity index (χ0v) is 19.8. The van der Waals surface area contributed by atoms with Crippen molar-refractivity contribution in [2.45, 2.75) is 39.5 Å². The zero-order chi connectivity index (χ0) is 19.8. The summed E-state index contributed by atoms with van der Waals surface area (Å²) in [7, 11) is 3.47. The van der Waals surface area contributed by atoms with Crippen molar-refractivity contribution >= 4 is 41.7 Å². The van der Waals surface area contributed by atoms with E-state index in [0.717, 1.165) is 31.0 Å². The number of carbonyl (C=O) groups excluding carboxylic acids is 1. The maximum absolute atomic E-state index is 11.7. The molecule has 2 atom stereocenters. The van der Waals surface area contributed by atoms with Gasteiger partial charge in [0.2, 0.25) is 5.91 Å². The van der Waals surface area contributed by atoms with E-state index in [1.54, 1.807) is 19.0 Å². The van der Waals surface area contributed by atoms with E-state index in [9.17, 15) is 4.79 Å². The van der Waals surface area contributed by atoms with Crippen LogP contribution in [0, 0.1) is 0 Å². The van der Waals surface area contributed by atoms with Crippen LogP contribution >= 0.6 is 24.0 Å². The molecule has 2 heterocycles. The number of rotatable bonds is 6. The maximum atomic E-state index is 11.7. The minimum atomic E-state index is 0. The first-order valence-corrected chi connectivity index (χ1v) is 9.46. The number of guanidine groups is 1. The Hall–Kier alpha value is -1.62. The highest BCUT2D eigenvalue weighted by molar-refractivity contribution is 14.0. The van der Waals surface area contributed by atoms with E-state index in [-0.39, 0.29) is 48.6 Å². The number of morpholine rings is 1. The van der Waals surface area contributed by atoms with Crippen molar-refractivity contribution in [2.24, 2.45) is 4.99 Å². The Morgan fingerprint density at radius 2 is 1.96 bits per heavy atom. The lowest BCUT2D eigenvalue weighted by Gasteiger charge is -2.36. The fourth-order valence-electron chi connectivity index (χ4n) is 2.89. The average molecular weight is 504 g/mol. The second-order valence-electron chi connectivity index (χ2n) is 7.02.